The first-order valence-electron chi connectivity index (χ1n) is 14.4. The molecule has 3 N–H and O–H groups in total. The maximum absolute atomic E-state index is 13.2. The highest BCUT2D eigenvalue weighted by atomic mass is 16.5. The number of benzene rings is 2. The highest BCUT2D eigenvalue weighted by Crippen LogP contribution is 2.21. The van der Waals surface area contributed by atoms with Crippen molar-refractivity contribution in [2.75, 3.05) is 67.6 Å². The van der Waals surface area contributed by atoms with Crippen LogP contribution in [0.5, 0.6) is 5.75 Å². The number of ether oxygens (including phenoxy) is 2. The summed E-state index contributed by atoms with van der Waals surface area (Å²) in [7, 11) is 7.91. The Morgan fingerprint density at radius 3 is 2.12 bits per heavy atom. The topological polar surface area (TPSA) is 112 Å². The van der Waals surface area contributed by atoms with E-state index in [-0.39, 0.29) is 29.7 Å². The molecular formula is C32H49N5O5. The average molecular weight is 584 g/mol. The van der Waals surface area contributed by atoms with Crippen molar-refractivity contribution in [2.45, 2.75) is 39.8 Å². The molecule has 42 heavy (non-hydrogen) atoms. The summed E-state index contributed by atoms with van der Waals surface area (Å²) in [4.78, 5) is 42.9. The van der Waals surface area contributed by atoms with Crippen LogP contribution < -0.4 is 20.7 Å². The molecule has 2 aromatic carbocycles. The van der Waals surface area contributed by atoms with Crippen LogP contribution in [0.1, 0.15) is 53.5 Å². The summed E-state index contributed by atoms with van der Waals surface area (Å²) in [5.41, 5.74) is 1.52. The second kappa shape index (κ2) is 17.5. The summed E-state index contributed by atoms with van der Waals surface area (Å²) in [5.74, 6) is -0.108. The minimum Gasteiger partial charge on any atom is -0.492 e. The zero-order valence-electron chi connectivity index (χ0n) is 26.3. The third-order valence-corrected chi connectivity index (χ3v) is 6.23. The van der Waals surface area contributed by atoms with Gasteiger partial charge in [0.05, 0.1) is 13.2 Å². The molecule has 0 radical (unpaired) electrons. The van der Waals surface area contributed by atoms with Gasteiger partial charge in [-0.1, -0.05) is 32.9 Å². The van der Waals surface area contributed by atoms with Gasteiger partial charge in [-0.05, 0) is 82.0 Å². The second-order valence-corrected chi connectivity index (χ2v) is 12.1. The Morgan fingerprint density at radius 1 is 0.810 bits per heavy atom. The first kappa shape index (κ1) is 34.7. The van der Waals surface area contributed by atoms with Crippen LogP contribution in [0.4, 0.5) is 0 Å². The average Bonchev–Trinajstić information content (AvgIpc) is 2.92. The molecule has 0 unspecified atom stereocenters. The lowest BCUT2D eigenvalue weighted by molar-refractivity contribution is -0.123. The van der Waals surface area contributed by atoms with Crippen molar-refractivity contribution < 1.29 is 23.9 Å². The number of carbonyl (C=O) groups is 3. The van der Waals surface area contributed by atoms with Gasteiger partial charge in [0.15, 0.2) is 0 Å². The van der Waals surface area contributed by atoms with Crippen molar-refractivity contribution in [2.24, 2.45) is 5.41 Å². The number of likely N-dealkylation sites (N-methyl/N-ethyl adjacent to an activating group) is 2. The maximum Gasteiger partial charge on any atom is 0.251 e. The van der Waals surface area contributed by atoms with Crippen molar-refractivity contribution in [3.63, 3.8) is 0 Å². The maximum atomic E-state index is 13.2. The van der Waals surface area contributed by atoms with E-state index in [1.165, 1.54) is 0 Å². The Hall–Kier alpha value is -3.47. The Bertz CT molecular complexity index is 1130. The lowest BCUT2D eigenvalue weighted by atomic mass is 9.87. The first-order valence-corrected chi connectivity index (χ1v) is 14.4. The molecule has 0 heterocycles. The zero-order chi connectivity index (χ0) is 31.1. The van der Waals surface area contributed by atoms with Crippen LogP contribution in [0.25, 0.3) is 0 Å². The SMILES string of the molecule is CN(C)CCOCCNC(=O)[C@H](CC(C)(C)C)NC(=O)c1cccc(CNC(=O)c2ccc(OCCN(C)C)cc2)c1. The molecule has 232 valence electrons. The van der Waals surface area contributed by atoms with E-state index >= 15 is 0 Å². The van der Waals surface area contributed by atoms with Crippen LogP contribution in [-0.4, -0.2) is 101 Å². The lowest BCUT2D eigenvalue weighted by Crippen LogP contribution is -2.49. The van der Waals surface area contributed by atoms with Gasteiger partial charge < -0.3 is 35.2 Å². The van der Waals surface area contributed by atoms with E-state index in [4.69, 9.17) is 9.47 Å². The van der Waals surface area contributed by atoms with Gasteiger partial charge in [0.1, 0.15) is 18.4 Å². The zero-order valence-corrected chi connectivity index (χ0v) is 26.3. The van der Waals surface area contributed by atoms with Crippen molar-refractivity contribution in [1.29, 1.82) is 0 Å². The van der Waals surface area contributed by atoms with Crippen LogP contribution in [-0.2, 0) is 16.1 Å². The molecule has 1 atom stereocenters. The van der Waals surface area contributed by atoms with E-state index in [0.29, 0.717) is 49.7 Å². The summed E-state index contributed by atoms with van der Waals surface area (Å²) in [6, 6.07) is 13.3. The molecule has 0 bridgehead atoms. The van der Waals surface area contributed by atoms with Crippen molar-refractivity contribution in [3.05, 3.63) is 65.2 Å². The molecule has 3 amide bonds. The van der Waals surface area contributed by atoms with Crippen LogP contribution in [0.2, 0.25) is 0 Å². The molecule has 0 fully saturated rings. The van der Waals surface area contributed by atoms with E-state index in [1.54, 1.807) is 42.5 Å². The Kier molecular flexibility index (Phi) is 14.5. The molecule has 10 heteroatoms. The minimum atomic E-state index is -0.697. The van der Waals surface area contributed by atoms with Gasteiger partial charge in [0, 0.05) is 37.3 Å². The van der Waals surface area contributed by atoms with Gasteiger partial charge >= 0.3 is 0 Å². The number of rotatable bonds is 17. The van der Waals surface area contributed by atoms with E-state index in [1.807, 2.05) is 64.8 Å². The van der Waals surface area contributed by atoms with Crippen molar-refractivity contribution >= 4 is 17.7 Å². The largest absolute Gasteiger partial charge is 0.492 e. The third kappa shape index (κ3) is 13.9. The van der Waals surface area contributed by atoms with Crippen molar-refractivity contribution in [1.82, 2.24) is 25.8 Å². The van der Waals surface area contributed by atoms with Gasteiger partial charge in [-0.25, -0.2) is 0 Å². The Morgan fingerprint density at radius 2 is 1.48 bits per heavy atom. The van der Waals surface area contributed by atoms with Gasteiger partial charge in [0.2, 0.25) is 5.91 Å². The van der Waals surface area contributed by atoms with E-state index in [2.05, 4.69) is 16.0 Å². The normalized spacial score (nSPS) is 12.2. The second-order valence-electron chi connectivity index (χ2n) is 12.1. The van der Waals surface area contributed by atoms with Crippen LogP contribution >= 0.6 is 0 Å². The monoisotopic (exact) mass is 583 g/mol. The molecule has 0 spiro atoms. The highest BCUT2D eigenvalue weighted by Gasteiger charge is 2.27. The summed E-state index contributed by atoms with van der Waals surface area (Å²) >= 11 is 0. The summed E-state index contributed by atoms with van der Waals surface area (Å²) < 4.78 is 11.2. The van der Waals surface area contributed by atoms with Crippen LogP contribution in [0.3, 0.4) is 0 Å². The van der Waals surface area contributed by atoms with E-state index in [9.17, 15) is 14.4 Å². The molecular weight excluding hydrogens is 534 g/mol. The fourth-order valence-electron chi connectivity index (χ4n) is 3.94. The lowest BCUT2D eigenvalue weighted by Gasteiger charge is -2.26. The number of hydrogen-bond donors (Lipinski definition) is 3. The number of nitrogens with one attached hydrogen (secondary N) is 3. The number of carbonyl (C=O) groups excluding carboxylic acids is 3. The predicted molar refractivity (Wildman–Crippen MR) is 166 cm³/mol. The van der Waals surface area contributed by atoms with Gasteiger partial charge in [-0.3, -0.25) is 14.4 Å². The van der Waals surface area contributed by atoms with Crippen LogP contribution in [0.15, 0.2) is 48.5 Å². The van der Waals surface area contributed by atoms with Gasteiger partial charge in [-0.2, -0.15) is 0 Å². The predicted octanol–water partition coefficient (Wildman–Crippen LogP) is 2.79. The van der Waals surface area contributed by atoms with Gasteiger partial charge in [0.25, 0.3) is 11.8 Å². The summed E-state index contributed by atoms with van der Waals surface area (Å²) in [6.07, 6.45) is 0.474. The Labute approximate surface area is 251 Å². The minimum absolute atomic E-state index is 0.180. The smallest absolute Gasteiger partial charge is 0.251 e. The fourth-order valence-corrected chi connectivity index (χ4v) is 3.94. The summed E-state index contributed by atoms with van der Waals surface area (Å²) in [6.45, 7) is 9.85. The molecule has 0 aliphatic heterocycles. The molecule has 0 saturated carbocycles. The molecule has 2 rings (SSSR count). The summed E-state index contributed by atoms with van der Waals surface area (Å²) in [5, 5.41) is 8.67. The highest BCUT2D eigenvalue weighted by molar-refractivity contribution is 5.98. The van der Waals surface area contributed by atoms with Gasteiger partial charge in [-0.15, -0.1) is 0 Å². The first-order chi connectivity index (χ1) is 19.8. The number of hydrogen-bond acceptors (Lipinski definition) is 7. The third-order valence-electron chi connectivity index (χ3n) is 6.23. The molecule has 0 saturated heterocycles. The molecule has 2 aromatic rings. The van der Waals surface area contributed by atoms with Crippen LogP contribution in [0, 0.1) is 5.41 Å². The number of nitrogens with zero attached hydrogens (tertiary/aromatic N) is 2. The molecule has 10 nitrogen and oxygen atoms in total. The molecule has 0 aromatic heterocycles. The number of amides is 3. The van der Waals surface area contributed by atoms with Crippen molar-refractivity contribution in [3.8, 4) is 5.75 Å². The quantitative estimate of drug-likeness (QED) is 0.246. The molecule has 0 aliphatic rings. The standard InChI is InChI=1S/C32H49N5O5/c1-32(2,3)22-28(31(40)33-15-18-41-19-16-36(4)5)35-30(39)26-10-8-9-24(21-26)23-34-29(38)25-11-13-27(14-12-25)42-20-17-37(6)7/h8-14,21,28H,15-20,22-23H2,1-7H3,(H,33,40)(H,34,38)(H,35,39)/t28-/m0/s1. The van der Waals surface area contributed by atoms with E-state index in [0.717, 1.165) is 18.7 Å². The fraction of sp³-hybridized carbons (Fsp3) is 0.531. The molecule has 0 aliphatic carbocycles. The van der Waals surface area contributed by atoms with E-state index < -0.39 is 6.04 Å². The Balaban J connectivity index is 1.92.